The molecule has 3 heterocycles. The Morgan fingerprint density at radius 3 is 2.86 bits per heavy atom. The van der Waals surface area contributed by atoms with Crippen molar-refractivity contribution in [2.24, 2.45) is 0 Å². The van der Waals surface area contributed by atoms with E-state index in [1.165, 1.54) is 0 Å². The minimum atomic E-state index is -0.208. The lowest BCUT2D eigenvalue weighted by Gasteiger charge is -2.29. The molecule has 1 aliphatic heterocycles. The number of nitrogen functional groups attached to an aromatic ring is 1. The summed E-state index contributed by atoms with van der Waals surface area (Å²) in [5.74, 6) is -0.208. The Morgan fingerprint density at radius 1 is 1.32 bits per heavy atom. The second-order valence-corrected chi connectivity index (χ2v) is 7.40. The number of hydrogen-bond acceptors (Lipinski definition) is 4. The third-order valence-corrected chi connectivity index (χ3v) is 5.41. The largest absolute Gasteiger partial charge is 0.397 e. The third-order valence-electron chi connectivity index (χ3n) is 5.41. The molecule has 0 bridgehead atoms. The van der Waals surface area contributed by atoms with Gasteiger partial charge in [0.05, 0.1) is 11.4 Å². The van der Waals surface area contributed by atoms with Gasteiger partial charge in [-0.05, 0) is 62.8 Å². The SMILES string of the molecule is C=Cc1ccc2[nH]cc(-c3ccc(N)c(C(=O)NC4CCN(C)CC4)n3)c2c1. The lowest BCUT2D eigenvalue weighted by atomic mass is 10.0. The summed E-state index contributed by atoms with van der Waals surface area (Å²) >= 11 is 0. The summed E-state index contributed by atoms with van der Waals surface area (Å²) in [5, 5.41) is 4.13. The van der Waals surface area contributed by atoms with Crippen LogP contribution in [0.15, 0.2) is 43.1 Å². The van der Waals surface area contributed by atoms with Crippen LogP contribution in [0.5, 0.6) is 0 Å². The molecule has 0 saturated carbocycles. The molecular formula is C22H25N5O. The summed E-state index contributed by atoms with van der Waals surface area (Å²) in [7, 11) is 2.10. The number of rotatable bonds is 4. The zero-order valence-corrected chi connectivity index (χ0v) is 16.0. The van der Waals surface area contributed by atoms with Crippen molar-refractivity contribution in [2.45, 2.75) is 18.9 Å². The number of hydrogen-bond donors (Lipinski definition) is 3. The number of nitrogens with one attached hydrogen (secondary N) is 2. The van der Waals surface area contributed by atoms with Crippen molar-refractivity contribution in [3.63, 3.8) is 0 Å². The van der Waals surface area contributed by atoms with Crippen LogP contribution in [0.1, 0.15) is 28.9 Å². The van der Waals surface area contributed by atoms with Crippen LogP contribution in [0.2, 0.25) is 0 Å². The van der Waals surface area contributed by atoms with E-state index < -0.39 is 0 Å². The maximum Gasteiger partial charge on any atom is 0.272 e. The summed E-state index contributed by atoms with van der Waals surface area (Å²) in [5.41, 5.74) is 10.4. The Morgan fingerprint density at radius 2 is 2.11 bits per heavy atom. The molecule has 144 valence electrons. The monoisotopic (exact) mass is 375 g/mol. The van der Waals surface area contributed by atoms with E-state index in [2.05, 4.69) is 39.9 Å². The van der Waals surface area contributed by atoms with Crippen LogP contribution >= 0.6 is 0 Å². The maximum atomic E-state index is 12.8. The normalized spacial score (nSPS) is 15.6. The van der Waals surface area contributed by atoms with Crippen molar-refractivity contribution in [1.82, 2.24) is 20.2 Å². The van der Waals surface area contributed by atoms with Crippen molar-refractivity contribution in [3.05, 3.63) is 54.4 Å². The van der Waals surface area contributed by atoms with Crippen LogP contribution in [-0.2, 0) is 0 Å². The molecule has 1 aromatic carbocycles. The number of amides is 1. The highest BCUT2D eigenvalue weighted by Gasteiger charge is 2.21. The molecule has 3 aromatic rings. The molecule has 0 spiro atoms. The number of benzene rings is 1. The number of piperidine rings is 1. The fourth-order valence-electron chi connectivity index (χ4n) is 3.69. The summed E-state index contributed by atoms with van der Waals surface area (Å²) in [6, 6.07) is 9.85. The summed E-state index contributed by atoms with van der Waals surface area (Å²) in [6.45, 7) is 5.80. The number of nitrogens with two attached hydrogens (primary N) is 1. The average Bonchev–Trinajstić information content (AvgIpc) is 3.13. The lowest BCUT2D eigenvalue weighted by molar-refractivity contribution is 0.0913. The highest BCUT2D eigenvalue weighted by atomic mass is 16.2. The van der Waals surface area contributed by atoms with E-state index in [4.69, 9.17) is 5.73 Å². The van der Waals surface area contributed by atoms with Crippen molar-refractivity contribution in [1.29, 1.82) is 0 Å². The number of likely N-dealkylation sites (tertiary alicyclic amines) is 1. The number of nitrogens with zero attached hydrogens (tertiary/aromatic N) is 2. The maximum absolute atomic E-state index is 12.8. The molecule has 0 radical (unpaired) electrons. The van der Waals surface area contributed by atoms with Crippen LogP contribution in [0.25, 0.3) is 28.2 Å². The predicted octanol–water partition coefficient (Wildman–Crippen LogP) is 3.28. The number of anilines is 1. The molecule has 1 amide bonds. The molecule has 1 fully saturated rings. The fourth-order valence-corrected chi connectivity index (χ4v) is 3.69. The molecule has 0 aliphatic carbocycles. The van der Waals surface area contributed by atoms with Crippen LogP contribution in [0, 0.1) is 0 Å². The molecule has 4 N–H and O–H groups in total. The Bertz CT molecular complexity index is 1030. The molecule has 28 heavy (non-hydrogen) atoms. The minimum Gasteiger partial charge on any atom is -0.397 e. The number of carbonyl (C=O) groups is 1. The van der Waals surface area contributed by atoms with Gasteiger partial charge in [0.1, 0.15) is 0 Å². The molecule has 1 saturated heterocycles. The van der Waals surface area contributed by atoms with Gasteiger partial charge < -0.3 is 20.9 Å². The Balaban J connectivity index is 1.64. The zero-order valence-electron chi connectivity index (χ0n) is 16.0. The first-order valence-corrected chi connectivity index (χ1v) is 9.55. The smallest absolute Gasteiger partial charge is 0.272 e. The van der Waals surface area contributed by atoms with E-state index in [-0.39, 0.29) is 17.6 Å². The molecule has 0 atom stereocenters. The van der Waals surface area contributed by atoms with Gasteiger partial charge in [-0.15, -0.1) is 0 Å². The third kappa shape index (κ3) is 3.51. The van der Waals surface area contributed by atoms with E-state index in [0.29, 0.717) is 5.69 Å². The molecule has 1 aliphatic rings. The van der Waals surface area contributed by atoms with Crippen molar-refractivity contribution in [2.75, 3.05) is 25.9 Å². The zero-order chi connectivity index (χ0) is 19.7. The van der Waals surface area contributed by atoms with Gasteiger partial charge in [-0.3, -0.25) is 4.79 Å². The Hall–Kier alpha value is -3.12. The number of aromatic amines is 1. The lowest BCUT2D eigenvalue weighted by Crippen LogP contribution is -2.43. The molecule has 0 unspecified atom stereocenters. The number of H-pyrrole nitrogens is 1. The van der Waals surface area contributed by atoms with Gasteiger partial charge in [0, 0.05) is 28.7 Å². The first-order valence-electron chi connectivity index (χ1n) is 9.55. The number of pyridine rings is 1. The van der Waals surface area contributed by atoms with Crippen LogP contribution in [-0.4, -0.2) is 47.0 Å². The summed E-state index contributed by atoms with van der Waals surface area (Å²) < 4.78 is 0. The highest BCUT2D eigenvalue weighted by molar-refractivity contribution is 6.00. The minimum absolute atomic E-state index is 0.164. The molecule has 2 aromatic heterocycles. The van der Waals surface area contributed by atoms with Gasteiger partial charge in [0.25, 0.3) is 5.91 Å². The van der Waals surface area contributed by atoms with Gasteiger partial charge in [0.2, 0.25) is 0 Å². The summed E-state index contributed by atoms with van der Waals surface area (Å²) in [6.07, 6.45) is 5.60. The van der Waals surface area contributed by atoms with Gasteiger partial charge in [-0.25, -0.2) is 4.98 Å². The first-order chi connectivity index (χ1) is 13.5. The molecule has 6 nitrogen and oxygen atoms in total. The van der Waals surface area contributed by atoms with Crippen molar-refractivity contribution >= 4 is 28.6 Å². The van der Waals surface area contributed by atoms with Gasteiger partial charge in [0.15, 0.2) is 5.69 Å². The topological polar surface area (TPSA) is 87.0 Å². The van der Waals surface area contributed by atoms with Crippen LogP contribution in [0.3, 0.4) is 0 Å². The van der Waals surface area contributed by atoms with Gasteiger partial charge >= 0.3 is 0 Å². The van der Waals surface area contributed by atoms with Crippen molar-refractivity contribution < 1.29 is 4.79 Å². The second kappa shape index (κ2) is 7.48. The van der Waals surface area contributed by atoms with Crippen molar-refractivity contribution in [3.8, 4) is 11.3 Å². The number of aromatic nitrogens is 2. The molecular weight excluding hydrogens is 350 g/mol. The molecule has 6 heteroatoms. The van der Waals surface area contributed by atoms with Gasteiger partial charge in [-0.1, -0.05) is 18.7 Å². The van der Waals surface area contributed by atoms with Crippen LogP contribution in [0.4, 0.5) is 5.69 Å². The number of fused-ring (bicyclic) bond motifs is 1. The van der Waals surface area contributed by atoms with Gasteiger partial charge in [-0.2, -0.15) is 0 Å². The highest BCUT2D eigenvalue weighted by Crippen LogP contribution is 2.29. The van der Waals surface area contributed by atoms with E-state index in [0.717, 1.165) is 53.7 Å². The van der Waals surface area contributed by atoms with E-state index in [1.807, 2.05) is 30.5 Å². The quantitative estimate of drug-likeness (QED) is 0.653. The first kappa shape index (κ1) is 18.3. The molecule has 4 rings (SSSR count). The van der Waals surface area contributed by atoms with E-state index >= 15 is 0 Å². The van der Waals surface area contributed by atoms with E-state index in [1.54, 1.807) is 6.07 Å². The Labute approximate surface area is 164 Å². The van der Waals surface area contributed by atoms with Crippen LogP contribution < -0.4 is 11.1 Å². The summed E-state index contributed by atoms with van der Waals surface area (Å²) in [4.78, 5) is 22.9. The van der Waals surface area contributed by atoms with E-state index in [9.17, 15) is 4.79 Å². The standard InChI is InChI=1S/C22H25N5O/c1-3-14-4-6-19-16(12-14)17(13-24-19)20-7-5-18(23)21(26-20)22(28)25-15-8-10-27(2)11-9-15/h3-7,12-13,15,24H,1,8-11,23H2,2H3,(H,25,28). The predicted molar refractivity (Wildman–Crippen MR) is 114 cm³/mol. The second-order valence-electron chi connectivity index (χ2n) is 7.40. The average molecular weight is 375 g/mol. The Kier molecular flexibility index (Phi) is 4.88. The fraction of sp³-hybridized carbons (Fsp3) is 0.273. The number of carbonyl (C=O) groups excluding carboxylic acids is 1.